The molecule has 6 nitrogen and oxygen atoms in total. The molecular formula is C15H11BrN2O4S. The Bertz CT molecular complexity index is 832. The van der Waals surface area contributed by atoms with Crippen LogP contribution in [0.3, 0.4) is 0 Å². The lowest BCUT2D eigenvalue weighted by molar-refractivity contribution is 0.0276. The Kier molecular flexibility index (Phi) is 4.44. The molecule has 0 saturated heterocycles. The first-order valence-corrected chi connectivity index (χ1v) is 8.28. The lowest BCUT2D eigenvalue weighted by Gasteiger charge is -2.10. The van der Waals surface area contributed by atoms with E-state index in [2.05, 4.69) is 26.1 Å². The molecular weight excluding hydrogens is 384 g/mol. The SMILES string of the molecule is C[C@@H](OC(=O)c1cc(Br)ccc1O)c1nnc(-c2cccs2)o1. The van der Waals surface area contributed by atoms with Gasteiger partial charge in [0, 0.05) is 4.47 Å². The molecule has 23 heavy (non-hydrogen) atoms. The topological polar surface area (TPSA) is 85.5 Å². The maximum absolute atomic E-state index is 12.1. The smallest absolute Gasteiger partial charge is 0.342 e. The molecule has 0 spiro atoms. The minimum atomic E-state index is -0.734. The maximum Gasteiger partial charge on any atom is 0.342 e. The van der Waals surface area contributed by atoms with E-state index in [0.29, 0.717) is 10.4 Å². The van der Waals surface area contributed by atoms with Crippen LogP contribution in [0.1, 0.15) is 29.3 Å². The van der Waals surface area contributed by atoms with Gasteiger partial charge in [0.2, 0.25) is 0 Å². The van der Waals surface area contributed by atoms with Crippen molar-refractivity contribution < 1.29 is 19.1 Å². The number of phenols is 1. The van der Waals surface area contributed by atoms with E-state index in [-0.39, 0.29) is 17.2 Å². The third-order valence-electron chi connectivity index (χ3n) is 2.98. The fourth-order valence-corrected chi connectivity index (χ4v) is 2.85. The second-order valence-corrected chi connectivity index (χ2v) is 6.50. The highest BCUT2D eigenvalue weighted by molar-refractivity contribution is 9.10. The van der Waals surface area contributed by atoms with Gasteiger partial charge in [-0.15, -0.1) is 21.5 Å². The minimum absolute atomic E-state index is 0.0595. The Morgan fingerprint density at radius 1 is 1.39 bits per heavy atom. The lowest BCUT2D eigenvalue weighted by Crippen LogP contribution is -2.10. The zero-order valence-electron chi connectivity index (χ0n) is 11.9. The highest BCUT2D eigenvalue weighted by atomic mass is 79.9. The van der Waals surface area contributed by atoms with Crippen LogP contribution in [0, 0.1) is 0 Å². The van der Waals surface area contributed by atoms with Gasteiger partial charge in [0.25, 0.3) is 11.8 Å². The summed E-state index contributed by atoms with van der Waals surface area (Å²) in [6.45, 7) is 1.62. The monoisotopic (exact) mass is 394 g/mol. The van der Waals surface area contributed by atoms with E-state index in [4.69, 9.17) is 9.15 Å². The predicted molar refractivity (Wildman–Crippen MR) is 87.2 cm³/mol. The molecule has 0 bridgehead atoms. The number of hydrogen-bond acceptors (Lipinski definition) is 7. The van der Waals surface area contributed by atoms with Crippen LogP contribution in [0.15, 0.2) is 44.6 Å². The minimum Gasteiger partial charge on any atom is -0.507 e. The summed E-state index contributed by atoms with van der Waals surface area (Å²) >= 11 is 4.72. The van der Waals surface area contributed by atoms with Crippen molar-refractivity contribution in [1.82, 2.24) is 10.2 Å². The van der Waals surface area contributed by atoms with E-state index >= 15 is 0 Å². The van der Waals surface area contributed by atoms with Crippen molar-refractivity contribution >= 4 is 33.2 Å². The molecule has 1 atom stereocenters. The normalized spacial score (nSPS) is 12.1. The number of benzene rings is 1. The number of phenolic OH excluding ortho intramolecular Hbond substituents is 1. The van der Waals surface area contributed by atoms with Crippen LogP contribution < -0.4 is 0 Å². The number of thiophene rings is 1. The predicted octanol–water partition coefficient (Wildman–Crippen LogP) is 4.18. The van der Waals surface area contributed by atoms with Crippen LogP contribution in [-0.2, 0) is 4.74 Å². The Balaban J connectivity index is 1.75. The molecule has 0 unspecified atom stereocenters. The van der Waals surface area contributed by atoms with E-state index in [1.165, 1.54) is 23.5 Å². The van der Waals surface area contributed by atoms with Crippen molar-refractivity contribution in [1.29, 1.82) is 0 Å². The number of ether oxygens (including phenoxy) is 1. The number of hydrogen-bond donors (Lipinski definition) is 1. The number of halogens is 1. The Morgan fingerprint density at radius 3 is 2.96 bits per heavy atom. The van der Waals surface area contributed by atoms with Crippen molar-refractivity contribution in [2.75, 3.05) is 0 Å². The summed E-state index contributed by atoms with van der Waals surface area (Å²) in [5, 5.41) is 19.5. The molecule has 1 N–H and O–H groups in total. The van der Waals surface area contributed by atoms with Gasteiger partial charge in [-0.2, -0.15) is 0 Å². The second-order valence-electron chi connectivity index (χ2n) is 4.63. The molecule has 0 fully saturated rings. The second kappa shape index (κ2) is 6.51. The van der Waals surface area contributed by atoms with Gasteiger partial charge in [-0.05, 0) is 36.6 Å². The number of aromatic nitrogens is 2. The lowest BCUT2D eigenvalue weighted by atomic mass is 10.2. The molecule has 3 rings (SSSR count). The number of carbonyl (C=O) groups excluding carboxylic acids is 1. The molecule has 0 aliphatic heterocycles. The Labute approximate surface area is 143 Å². The maximum atomic E-state index is 12.1. The van der Waals surface area contributed by atoms with Crippen LogP contribution in [0.25, 0.3) is 10.8 Å². The molecule has 0 aliphatic carbocycles. The Hall–Kier alpha value is -2.19. The van der Waals surface area contributed by atoms with Gasteiger partial charge in [0.1, 0.15) is 11.3 Å². The summed E-state index contributed by atoms with van der Waals surface area (Å²) in [6.07, 6.45) is -0.734. The average Bonchev–Trinajstić information content (AvgIpc) is 3.19. The Morgan fingerprint density at radius 2 is 2.22 bits per heavy atom. The van der Waals surface area contributed by atoms with Crippen molar-refractivity contribution in [2.45, 2.75) is 13.0 Å². The van der Waals surface area contributed by atoms with Crippen molar-refractivity contribution in [3.8, 4) is 16.5 Å². The zero-order chi connectivity index (χ0) is 16.4. The molecule has 2 aromatic heterocycles. The summed E-state index contributed by atoms with van der Waals surface area (Å²) in [7, 11) is 0. The number of aromatic hydroxyl groups is 1. The van der Waals surface area contributed by atoms with E-state index in [0.717, 1.165) is 4.88 Å². The molecule has 1 aromatic carbocycles. The van der Waals surface area contributed by atoms with Crippen LogP contribution in [-0.4, -0.2) is 21.3 Å². The zero-order valence-corrected chi connectivity index (χ0v) is 14.3. The fraction of sp³-hybridized carbons (Fsp3) is 0.133. The summed E-state index contributed by atoms with van der Waals surface area (Å²) < 4.78 is 11.5. The van der Waals surface area contributed by atoms with Gasteiger partial charge < -0.3 is 14.3 Å². The van der Waals surface area contributed by atoms with Crippen LogP contribution in [0.5, 0.6) is 5.75 Å². The van der Waals surface area contributed by atoms with Crippen molar-refractivity contribution in [2.24, 2.45) is 0 Å². The van der Waals surface area contributed by atoms with Crippen LogP contribution in [0.2, 0.25) is 0 Å². The van der Waals surface area contributed by atoms with Gasteiger partial charge in [0.05, 0.1) is 4.88 Å². The first kappa shape index (κ1) is 15.7. The molecule has 0 saturated carbocycles. The molecule has 0 radical (unpaired) electrons. The van der Waals surface area contributed by atoms with Gasteiger partial charge in [-0.25, -0.2) is 4.79 Å². The van der Waals surface area contributed by atoms with E-state index in [9.17, 15) is 9.90 Å². The van der Waals surface area contributed by atoms with Crippen LogP contribution in [0.4, 0.5) is 0 Å². The van der Waals surface area contributed by atoms with Crippen molar-refractivity contribution in [3.05, 3.63) is 51.6 Å². The molecule has 3 aromatic rings. The summed E-state index contributed by atoms with van der Waals surface area (Å²) in [6, 6.07) is 8.25. The third-order valence-corrected chi connectivity index (χ3v) is 4.33. The average molecular weight is 395 g/mol. The van der Waals surface area contributed by atoms with Gasteiger partial charge in [0.15, 0.2) is 6.10 Å². The highest BCUT2D eigenvalue weighted by Gasteiger charge is 2.22. The van der Waals surface area contributed by atoms with E-state index in [1.807, 2.05) is 17.5 Å². The molecule has 2 heterocycles. The first-order chi connectivity index (χ1) is 11.0. The van der Waals surface area contributed by atoms with Gasteiger partial charge in [-0.1, -0.05) is 22.0 Å². The quantitative estimate of drug-likeness (QED) is 0.667. The van der Waals surface area contributed by atoms with Gasteiger partial charge >= 0.3 is 5.97 Å². The number of esters is 1. The molecule has 118 valence electrons. The molecule has 8 heteroatoms. The number of nitrogens with zero attached hydrogens (tertiary/aromatic N) is 2. The van der Waals surface area contributed by atoms with Crippen molar-refractivity contribution in [3.63, 3.8) is 0 Å². The van der Waals surface area contributed by atoms with Gasteiger partial charge in [-0.3, -0.25) is 0 Å². The highest BCUT2D eigenvalue weighted by Crippen LogP contribution is 2.28. The van der Waals surface area contributed by atoms with E-state index in [1.54, 1.807) is 13.0 Å². The fourth-order valence-electron chi connectivity index (χ4n) is 1.84. The molecule has 0 amide bonds. The number of rotatable bonds is 4. The molecule has 0 aliphatic rings. The summed E-state index contributed by atoms with van der Waals surface area (Å²) in [5.74, 6) is -0.262. The summed E-state index contributed by atoms with van der Waals surface area (Å²) in [5.41, 5.74) is 0.0595. The van der Waals surface area contributed by atoms with E-state index < -0.39 is 12.1 Å². The first-order valence-electron chi connectivity index (χ1n) is 6.61. The third kappa shape index (κ3) is 3.43. The summed E-state index contributed by atoms with van der Waals surface area (Å²) in [4.78, 5) is 13.0. The number of carbonyl (C=O) groups is 1. The van der Waals surface area contributed by atoms with Crippen LogP contribution >= 0.6 is 27.3 Å². The largest absolute Gasteiger partial charge is 0.507 e. The standard InChI is InChI=1S/C15H11BrN2O4S/c1-8(13-17-18-14(22-13)12-3-2-6-23-12)21-15(20)10-7-9(16)4-5-11(10)19/h2-8,19H,1H3/t8-/m1/s1.